The maximum absolute atomic E-state index is 13.6. The van der Waals surface area contributed by atoms with Gasteiger partial charge in [0.05, 0.1) is 43.5 Å². The lowest BCUT2D eigenvalue weighted by Gasteiger charge is -2.38. The van der Waals surface area contributed by atoms with Gasteiger partial charge in [-0.3, -0.25) is 4.79 Å². The molecule has 188 valence electrons. The van der Waals surface area contributed by atoms with Gasteiger partial charge in [-0.05, 0) is 72.1 Å². The molecule has 1 aliphatic rings. The third kappa shape index (κ3) is 5.22. The quantitative estimate of drug-likeness (QED) is 0.370. The van der Waals surface area contributed by atoms with Gasteiger partial charge in [0.25, 0.3) is 5.91 Å². The van der Waals surface area contributed by atoms with Crippen LogP contribution in [0.4, 0.5) is 0 Å². The second kappa shape index (κ2) is 11.1. The second-order valence-electron chi connectivity index (χ2n) is 8.12. The molecule has 4 rings (SSSR count). The number of nitrogens with zero attached hydrogens (tertiary/aromatic N) is 1. The molecule has 0 saturated carbocycles. The highest BCUT2D eigenvalue weighted by Crippen LogP contribution is 2.39. The van der Waals surface area contributed by atoms with Gasteiger partial charge in [-0.15, -0.1) is 0 Å². The summed E-state index contributed by atoms with van der Waals surface area (Å²) >= 11 is 12.4. The molecular weight excluding hydrogens is 505 g/mol. The summed E-state index contributed by atoms with van der Waals surface area (Å²) < 4.78 is 21.8. The van der Waals surface area contributed by atoms with E-state index < -0.39 is 12.0 Å². The van der Waals surface area contributed by atoms with Gasteiger partial charge in [0.15, 0.2) is 11.5 Å². The molecule has 9 heteroatoms. The lowest BCUT2D eigenvalue weighted by Crippen LogP contribution is -2.42. The van der Waals surface area contributed by atoms with Crippen LogP contribution in [-0.4, -0.2) is 51.3 Å². The van der Waals surface area contributed by atoms with E-state index >= 15 is 0 Å². The topological polar surface area (TPSA) is 74.3 Å². The molecule has 3 aromatic rings. The fourth-order valence-electron chi connectivity index (χ4n) is 4.25. The van der Waals surface area contributed by atoms with E-state index in [2.05, 4.69) is 0 Å². The number of halogens is 2. The SMILES string of the molecule is COC(=O)c1ccc(OC[C@@H]2c3cc(OC)c(OC)cc3CCN2C(=O)c2ccc(Cl)cc2Cl)cc1. The van der Waals surface area contributed by atoms with Crippen LogP contribution in [0.15, 0.2) is 54.6 Å². The fraction of sp³-hybridized carbons (Fsp3) is 0.259. The van der Waals surface area contributed by atoms with Crippen LogP contribution < -0.4 is 14.2 Å². The minimum Gasteiger partial charge on any atom is -0.493 e. The molecular formula is C27H25Cl2NO6. The van der Waals surface area contributed by atoms with Crippen LogP contribution in [0, 0.1) is 0 Å². The second-order valence-corrected chi connectivity index (χ2v) is 8.97. The lowest BCUT2D eigenvalue weighted by atomic mass is 9.91. The molecule has 1 heterocycles. The van der Waals surface area contributed by atoms with Crippen LogP contribution in [0.2, 0.25) is 10.0 Å². The molecule has 0 N–H and O–H groups in total. The monoisotopic (exact) mass is 529 g/mol. The summed E-state index contributed by atoms with van der Waals surface area (Å²) in [5.74, 6) is 1.07. The van der Waals surface area contributed by atoms with Crippen molar-refractivity contribution in [1.29, 1.82) is 0 Å². The molecule has 0 radical (unpaired) electrons. The molecule has 3 aromatic carbocycles. The van der Waals surface area contributed by atoms with Crippen LogP contribution >= 0.6 is 23.2 Å². The molecule has 0 saturated heterocycles. The van der Waals surface area contributed by atoms with Gasteiger partial charge in [-0.2, -0.15) is 0 Å². The van der Waals surface area contributed by atoms with Crippen LogP contribution in [0.5, 0.6) is 17.2 Å². The molecule has 1 atom stereocenters. The smallest absolute Gasteiger partial charge is 0.337 e. The van der Waals surface area contributed by atoms with Crippen molar-refractivity contribution in [2.45, 2.75) is 12.5 Å². The Balaban J connectivity index is 1.68. The zero-order valence-electron chi connectivity index (χ0n) is 20.0. The highest BCUT2D eigenvalue weighted by atomic mass is 35.5. The highest BCUT2D eigenvalue weighted by Gasteiger charge is 2.34. The van der Waals surface area contributed by atoms with E-state index in [-0.39, 0.29) is 17.5 Å². The van der Waals surface area contributed by atoms with Gasteiger partial charge in [0.2, 0.25) is 0 Å². The maximum atomic E-state index is 13.6. The summed E-state index contributed by atoms with van der Waals surface area (Å²) in [6.45, 7) is 0.618. The van der Waals surface area contributed by atoms with E-state index in [1.165, 1.54) is 7.11 Å². The van der Waals surface area contributed by atoms with Crippen LogP contribution in [0.3, 0.4) is 0 Å². The number of esters is 1. The molecule has 1 aliphatic heterocycles. The molecule has 1 amide bonds. The third-order valence-corrected chi connectivity index (χ3v) is 6.66. The number of ether oxygens (including phenoxy) is 4. The van der Waals surface area contributed by atoms with Crippen molar-refractivity contribution in [2.75, 3.05) is 34.5 Å². The minimum absolute atomic E-state index is 0.164. The molecule has 0 aliphatic carbocycles. The fourth-order valence-corrected chi connectivity index (χ4v) is 4.74. The first-order chi connectivity index (χ1) is 17.4. The number of hydrogen-bond donors (Lipinski definition) is 0. The van der Waals surface area contributed by atoms with Crippen LogP contribution in [-0.2, 0) is 11.2 Å². The van der Waals surface area contributed by atoms with Gasteiger partial charge >= 0.3 is 5.97 Å². The van der Waals surface area contributed by atoms with Crippen molar-refractivity contribution in [2.24, 2.45) is 0 Å². The number of hydrogen-bond acceptors (Lipinski definition) is 6. The molecule has 0 aromatic heterocycles. The molecule has 0 spiro atoms. The van der Waals surface area contributed by atoms with Gasteiger partial charge in [-0.1, -0.05) is 23.2 Å². The van der Waals surface area contributed by atoms with Crippen molar-refractivity contribution >= 4 is 35.1 Å². The van der Waals surface area contributed by atoms with E-state index in [4.69, 9.17) is 42.1 Å². The number of fused-ring (bicyclic) bond motifs is 1. The Morgan fingerprint density at radius 3 is 2.28 bits per heavy atom. The van der Waals surface area contributed by atoms with Gasteiger partial charge in [-0.25, -0.2) is 4.79 Å². The van der Waals surface area contributed by atoms with E-state index in [1.54, 1.807) is 61.6 Å². The van der Waals surface area contributed by atoms with Gasteiger partial charge in [0.1, 0.15) is 12.4 Å². The average Bonchev–Trinajstić information content (AvgIpc) is 2.90. The number of methoxy groups -OCH3 is 3. The highest BCUT2D eigenvalue weighted by molar-refractivity contribution is 6.36. The summed E-state index contributed by atoms with van der Waals surface area (Å²) in [6, 6.07) is 14.8. The van der Waals surface area contributed by atoms with Crippen molar-refractivity contribution in [1.82, 2.24) is 4.90 Å². The molecule has 0 unspecified atom stereocenters. The van der Waals surface area contributed by atoms with Crippen molar-refractivity contribution in [3.8, 4) is 17.2 Å². The minimum atomic E-state index is -0.437. The molecule has 7 nitrogen and oxygen atoms in total. The predicted molar refractivity (Wildman–Crippen MR) is 137 cm³/mol. The summed E-state index contributed by atoms with van der Waals surface area (Å²) in [6.07, 6.45) is 0.622. The Labute approximate surface area is 219 Å². The zero-order valence-corrected chi connectivity index (χ0v) is 21.6. The molecule has 0 bridgehead atoms. The lowest BCUT2D eigenvalue weighted by molar-refractivity contribution is 0.0583. The molecule has 0 fully saturated rings. The van der Waals surface area contributed by atoms with E-state index in [0.29, 0.717) is 46.4 Å². The normalized spacial score (nSPS) is 14.6. The largest absolute Gasteiger partial charge is 0.493 e. The summed E-state index contributed by atoms with van der Waals surface area (Å²) in [5.41, 5.74) is 2.70. The Kier molecular flexibility index (Phi) is 7.91. The van der Waals surface area contributed by atoms with E-state index in [9.17, 15) is 9.59 Å². The Hall–Kier alpha value is -3.42. The predicted octanol–water partition coefficient (Wildman–Crippen LogP) is 5.62. The van der Waals surface area contributed by atoms with Gasteiger partial charge in [0, 0.05) is 11.6 Å². The first kappa shape index (κ1) is 25.7. The van der Waals surface area contributed by atoms with Gasteiger partial charge < -0.3 is 23.8 Å². The standard InChI is InChI=1S/C27H25Cl2NO6/c1-33-24-12-17-10-11-30(26(31)20-9-6-18(28)13-22(20)29)23(21(17)14-25(24)34-2)15-36-19-7-4-16(5-8-19)27(32)35-3/h4-9,12-14,23H,10-11,15H2,1-3H3/t23-/m1/s1. The van der Waals surface area contributed by atoms with Crippen LogP contribution in [0.25, 0.3) is 0 Å². The van der Waals surface area contributed by atoms with Crippen molar-refractivity contribution in [3.63, 3.8) is 0 Å². The molecule has 36 heavy (non-hydrogen) atoms. The van der Waals surface area contributed by atoms with E-state index in [0.717, 1.165) is 11.1 Å². The summed E-state index contributed by atoms with van der Waals surface area (Å²) in [5, 5.41) is 0.733. The number of rotatable bonds is 7. The first-order valence-corrected chi connectivity index (χ1v) is 11.9. The third-order valence-electron chi connectivity index (χ3n) is 6.11. The number of carbonyl (C=O) groups excluding carboxylic acids is 2. The maximum Gasteiger partial charge on any atom is 0.337 e. The van der Waals surface area contributed by atoms with E-state index in [1.807, 2.05) is 12.1 Å². The van der Waals surface area contributed by atoms with Crippen molar-refractivity contribution in [3.05, 3.63) is 86.9 Å². The Morgan fingerprint density at radius 2 is 1.64 bits per heavy atom. The van der Waals surface area contributed by atoms with Crippen LogP contribution in [0.1, 0.15) is 37.9 Å². The summed E-state index contributed by atoms with van der Waals surface area (Å²) in [4.78, 5) is 27.1. The summed E-state index contributed by atoms with van der Waals surface area (Å²) in [7, 11) is 4.48. The zero-order chi connectivity index (χ0) is 25.8. The number of amides is 1. The number of benzene rings is 3. The van der Waals surface area contributed by atoms with Crippen molar-refractivity contribution < 1.29 is 28.5 Å². The Bertz CT molecular complexity index is 1280. The average molecular weight is 530 g/mol. The Morgan fingerprint density at radius 1 is 0.944 bits per heavy atom. The number of carbonyl (C=O) groups is 2. The first-order valence-electron chi connectivity index (χ1n) is 11.2.